The van der Waals surface area contributed by atoms with Gasteiger partial charge in [0.05, 0.1) is 54.7 Å². The average Bonchev–Trinajstić information content (AvgIpc) is 3.84. The molecule has 6 N–H and O–H groups in total. The second-order valence-corrected chi connectivity index (χ2v) is 16.9. The smallest absolute Gasteiger partial charge is 0.279 e. The number of ketones is 2. The molecule has 1 spiro atoms. The number of benzene rings is 2. The van der Waals surface area contributed by atoms with E-state index in [1.807, 2.05) is 0 Å². The van der Waals surface area contributed by atoms with E-state index >= 15 is 0 Å². The summed E-state index contributed by atoms with van der Waals surface area (Å²) < 4.78 is 69.2. The van der Waals surface area contributed by atoms with E-state index in [0.29, 0.717) is 11.1 Å². The third kappa shape index (κ3) is 5.26. The number of fused-ring (bicyclic) bond motifs is 8. The molecular formula is C40H50O19. The van der Waals surface area contributed by atoms with Gasteiger partial charge in [0, 0.05) is 50.0 Å². The van der Waals surface area contributed by atoms with Crippen molar-refractivity contribution in [3.8, 4) is 17.2 Å². The van der Waals surface area contributed by atoms with Crippen LogP contribution < -0.4 is 9.47 Å². The zero-order valence-corrected chi connectivity index (χ0v) is 33.7. The van der Waals surface area contributed by atoms with Crippen LogP contribution in [-0.2, 0) is 47.4 Å². The number of aryl methyl sites for hydroxylation is 1. The molecular weight excluding hydrogens is 784 g/mol. The number of phenolic OH excluding ortho intramolecular Hbond substituents is 1. The van der Waals surface area contributed by atoms with E-state index in [4.69, 9.17) is 52.1 Å². The fourth-order valence-corrected chi connectivity index (χ4v) is 10.4. The van der Waals surface area contributed by atoms with Crippen LogP contribution in [0.25, 0.3) is 10.8 Å². The third-order valence-electron chi connectivity index (χ3n) is 13.5. The highest BCUT2D eigenvalue weighted by Gasteiger charge is 2.94. The molecule has 5 saturated heterocycles. The minimum absolute atomic E-state index is 0.00957. The number of hydrogen-bond acceptors (Lipinski definition) is 19. The number of Topliss-reactive ketones (excluding diaryl/α,β-unsaturated/α-hetero) is 2. The van der Waals surface area contributed by atoms with E-state index in [-0.39, 0.29) is 59.3 Å². The lowest BCUT2D eigenvalue weighted by Gasteiger charge is -2.52. The van der Waals surface area contributed by atoms with Gasteiger partial charge in [-0.15, -0.1) is 0 Å². The lowest BCUT2D eigenvalue weighted by Crippen LogP contribution is -2.72. The molecule has 6 aliphatic heterocycles. The molecule has 0 saturated carbocycles. The molecule has 19 heteroatoms. The summed E-state index contributed by atoms with van der Waals surface area (Å²) in [6, 6.07) is 1.72. The quantitative estimate of drug-likeness (QED) is 0.149. The van der Waals surface area contributed by atoms with Gasteiger partial charge in [-0.25, -0.2) is 0 Å². The van der Waals surface area contributed by atoms with E-state index in [1.165, 1.54) is 35.2 Å². The summed E-state index contributed by atoms with van der Waals surface area (Å²) in [6.45, 7) is 7.30. The van der Waals surface area contributed by atoms with E-state index < -0.39 is 113 Å². The third-order valence-corrected chi connectivity index (χ3v) is 13.5. The highest BCUT2D eigenvalue weighted by molar-refractivity contribution is 6.13. The number of aliphatic hydroxyl groups excluding tert-OH is 3. The minimum atomic E-state index is -2.23. The molecule has 0 unspecified atom stereocenters. The van der Waals surface area contributed by atoms with Crippen LogP contribution in [0.5, 0.6) is 17.2 Å². The first-order chi connectivity index (χ1) is 27.8. The van der Waals surface area contributed by atoms with Crippen molar-refractivity contribution in [2.45, 2.75) is 150 Å². The lowest BCUT2D eigenvalue weighted by atomic mass is 9.77. The van der Waals surface area contributed by atoms with Crippen LogP contribution in [0.2, 0.25) is 0 Å². The molecule has 15 atom stereocenters. The summed E-state index contributed by atoms with van der Waals surface area (Å²) in [4.78, 5) is 26.5. The normalized spacial score (nSPS) is 44.5. The van der Waals surface area contributed by atoms with Gasteiger partial charge in [0.2, 0.25) is 11.9 Å². The molecule has 1 aliphatic carbocycles. The Labute approximate surface area is 337 Å². The topological polar surface area (TPSA) is 260 Å². The molecule has 2 bridgehead atoms. The highest BCUT2D eigenvalue weighted by Crippen LogP contribution is 2.72. The van der Waals surface area contributed by atoms with Gasteiger partial charge in [0.1, 0.15) is 35.6 Å². The first kappa shape index (κ1) is 41.2. The maximum absolute atomic E-state index is 14.0. The zero-order chi connectivity index (χ0) is 42.5. The summed E-state index contributed by atoms with van der Waals surface area (Å²) in [5.74, 6) is -5.82. The Morgan fingerprint density at radius 3 is 2.29 bits per heavy atom. The van der Waals surface area contributed by atoms with E-state index in [9.17, 15) is 40.2 Å². The van der Waals surface area contributed by atoms with Crippen LogP contribution in [0.3, 0.4) is 0 Å². The Kier molecular flexibility index (Phi) is 9.39. The largest absolute Gasteiger partial charge is 0.506 e. The predicted molar refractivity (Wildman–Crippen MR) is 194 cm³/mol. The van der Waals surface area contributed by atoms with Crippen LogP contribution in [0.4, 0.5) is 0 Å². The molecule has 0 aromatic heterocycles. The predicted octanol–water partition coefficient (Wildman–Crippen LogP) is 0.590. The second-order valence-electron chi connectivity index (χ2n) is 16.9. The second kappa shape index (κ2) is 13.4. The molecule has 324 valence electrons. The molecule has 9 rings (SSSR count). The molecule has 2 aromatic carbocycles. The van der Waals surface area contributed by atoms with E-state index in [2.05, 4.69) is 0 Å². The summed E-state index contributed by atoms with van der Waals surface area (Å²) in [6.07, 6.45) is -14.2. The van der Waals surface area contributed by atoms with Crippen LogP contribution in [0.15, 0.2) is 6.07 Å². The Hall–Kier alpha value is -3.12. The number of carbonyl (C=O) groups is 2. The molecule has 2 aromatic rings. The number of ether oxygens (including phenoxy) is 11. The van der Waals surface area contributed by atoms with Crippen LogP contribution >= 0.6 is 0 Å². The van der Waals surface area contributed by atoms with Crippen LogP contribution in [-0.4, -0.2) is 154 Å². The molecule has 19 nitrogen and oxygen atoms in total. The van der Waals surface area contributed by atoms with Crippen molar-refractivity contribution in [1.82, 2.24) is 0 Å². The van der Waals surface area contributed by atoms with Crippen molar-refractivity contribution in [3.05, 3.63) is 28.3 Å². The first-order valence-electron chi connectivity index (χ1n) is 19.6. The lowest BCUT2D eigenvalue weighted by molar-refractivity contribution is -0.385. The first-order valence-corrected chi connectivity index (χ1v) is 19.6. The van der Waals surface area contributed by atoms with Gasteiger partial charge in [0.25, 0.3) is 11.6 Å². The van der Waals surface area contributed by atoms with Crippen LogP contribution in [0.1, 0.15) is 86.2 Å². The number of epoxide rings is 1. The minimum Gasteiger partial charge on any atom is -0.506 e. The average molecular weight is 835 g/mol. The molecule has 7 aliphatic rings. The number of carbonyl (C=O) groups excluding carboxylic acids is 2. The van der Waals surface area contributed by atoms with Crippen molar-refractivity contribution in [2.24, 2.45) is 0 Å². The zero-order valence-electron chi connectivity index (χ0n) is 33.7. The van der Waals surface area contributed by atoms with Crippen molar-refractivity contribution < 1.29 is 92.3 Å². The Morgan fingerprint density at radius 2 is 1.69 bits per heavy atom. The fourth-order valence-electron chi connectivity index (χ4n) is 10.4. The van der Waals surface area contributed by atoms with E-state index in [0.717, 1.165) is 6.92 Å². The Bertz CT molecular complexity index is 2080. The SMILES string of the molecule is COc1c2c(c(O)c3c4c(c(C)cc13)[C@@H]1O[C@@]3(C(OC)OC)O[C@@H]1[C@@](O[C@H]1C[C@@H](O)[C@@](O)(C(C)=O)[C@H](C)O1)(O4)[C@@]31CO1)C(=O)[C@@H](O)C[C@@H]2O[C@H]1C[C@@](C)(O)[C@H](O)[C@H](C)O1. The summed E-state index contributed by atoms with van der Waals surface area (Å²) in [7, 11) is 4.16. The molecule has 0 radical (unpaired) electrons. The standard InChI is InChI=1S/C40H50O19/c1-14-9-18-25(29(45)27-26(30(18)49-6)20(10-19(42)28(27)44)55-23-12-36(5,47)33(46)15(2)53-23)31-24(14)32-34-39(57-31,37(13-52-37)40(58-32,59-34)35(50-7)51-8)56-22-11-21(43)38(48,16(3)41)17(4)54-22/h9,15,17,19-23,32-35,42-43,45-48H,10-13H2,1-8H3/t15-,17-,19-,20-,21+,22-,23-,32-,33+,34-,36+,37-,38+,39+,40-/m0/s1. The number of methoxy groups -OCH3 is 3. The van der Waals surface area contributed by atoms with Gasteiger partial charge in [-0.1, -0.05) is 0 Å². The maximum Gasteiger partial charge on any atom is 0.279 e. The fraction of sp³-hybridized carbons (Fsp3) is 0.700. The number of hydrogen-bond donors (Lipinski definition) is 6. The summed E-state index contributed by atoms with van der Waals surface area (Å²) in [5.41, 5.74) is -4.66. The van der Waals surface area contributed by atoms with Crippen molar-refractivity contribution in [3.63, 3.8) is 0 Å². The summed E-state index contributed by atoms with van der Waals surface area (Å²) in [5, 5.41) is 67.6. The Morgan fingerprint density at radius 1 is 1.00 bits per heavy atom. The summed E-state index contributed by atoms with van der Waals surface area (Å²) >= 11 is 0. The van der Waals surface area contributed by atoms with Gasteiger partial charge >= 0.3 is 0 Å². The molecule has 59 heavy (non-hydrogen) atoms. The molecule has 5 fully saturated rings. The van der Waals surface area contributed by atoms with Gasteiger partial charge in [-0.3, -0.25) is 9.59 Å². The van der Waals surface area contributed by atoms with Crippen molar-refractivity contribution >= 4 is 22.3 Å². The highest BCUT2D eigenvalue weighted by atomic mass is 16.9. The van der Waals surface area contributed by atoms with Gasteiger partial charge in [0.15, 0.2) is 35.9 Å². The van der Waals surface area contributed by atoms with Gasteiger partial charge in [-0.2, -0.15) is 0 Å². The number of aliphatic hydroxyl groups is 5. The number of phenols is 1. The van der Waals surface area contributed by atoms with Gasteiger partial charge in [-0.05, 0) is 46.2 Å². The molecule has 0 amide bonds. The molecule has 6 heterocycles. The Balaban J connectivity index is 1.21. The van der Waals surface area contributed by atoms with Crippen molar-refractivity contribution in [1.29, 1.82) is 0 Å². The van der Waals surface area contributed by atoms with E-state index in [1.54, 1.807) is 19.9 Å². The monoisotopic (exact) mass is 834 g/mol. The van der Waals surface area contributed by atoms with Crippen LogP contribution in [0, 0.1) is 6.92 Å². The van der Waals surface area contributed by atoms with Gasteiger partial charge < -0.3 is 82.7 Å². The maximum atomic E-state index is 14.0. The van der Waals surface area contributed by atoms with Crippen molar-refractivity contribution in [2.75, 3.05) is 27.9 Å². The number of aromatic hydroxyl groups is 1. The number of rotatable bonds is 9.